The van der Waals surface area contributed by atoms with Gasteiger partial charge in [-0.2, -0.15) is 0 Å². The summed E-state index contributed by atoms with van der Waals surface area (Å²) in [7, 11) is 4.15. The minimum absolute atomic E-state index is 0.250. The first kappa shape index (κ1) is 17.2. The summed E-state index contributed by atoms with van der Waals surface area (Å²) in [5.74, 6) is 0. The van der Waals surface area contributed by atoms with E-state index < -0.39 is 0 Å². The second-order valence-electron chi connectivity index (χ2n) is 4.31. The van der Waals surface area contributed by atoms with Gasteiger partial charge in [0.25, 0.3) is 6.47 Å². The monoisotopic (exact) mass is 270 g/mol. The van der Waals surface area contributed by atoms with Gasteiger partial charge in [-0.05, 0) is 13.8 Å². The van der Waals surface area contributed by atoms with Gasteiger partial charge in [0.1, 0.15) is 0 Å². The van der Waals surface area contributed by atoms with Gasteiger partial charge in [0.05, 0.1) is 13.3 Å². The highest BCUT2D eigenvalue weighted by Crippen LogP contribution is 2.01. The van der Waals surface area contributed by atoms with Crippen molar-refractivity contribution in [2.75, 3.05) is 40.5 Å². The van der Waals surface area contributed by atoms with Crippen molar-refractivity contribution in [3.05, 3.63) is 24.8 Å². The first-order chi connectivity index (χ1) is 9.07. The van der Waals surface area contributed by atoms with Crippen LogP contribution in [0.25, 0.3) is 0 Å². The van der Waals surface area contributed by atoms with E-state index in [-0.39, 0.29) is 6.47 Å². The second kappa shape index (κ2) is 10.1. The van der Waals surface area contributed by atoms with E-state index in [4.69, 9.17) is 9.90 Å². The van der Waals surface area contributed by atoms with Crippen LogP contribution in [-0.2, 0) is 4.79 Å². The van der Waals surface area contributed by atoms with E-state index in [2.05, 4.69) is 72.3 Å². The summed E-state index contributed by atoms with van der Waals surface area (Å²) in [5, 5.41) is 6.89. The Kier molecular flexibility index (Phi) is 9.12. The van der Waals surface area contributed by atoms with Gasteiger partial charge in [0, 0.05) is 52.0 Å². The van der Waals surface area contributed by atoms with Crippen LogP contribution in [0.2, 0.25) is 0 Å². The Labute approximate surface area is 116 Å². The Hall–Kier alpha value is -1.85. The molecule has 0 aromatic carbocycles. The Balaban J connectivity index is 0.000000284. The van der Waals surface area contributed by atoms with E-state index in [1.54, 1.807) is 0 Å². The average molecular weight is 270 g/mol. The molecule has 19 heavy (non-hydrogen) atoms. The largest absolute Gasteiger partial charge is 0.483 e. The zero-order chi connectivity index (χ0) is 14.7. The predicted octanol–water partition coefficient (Wildman–Crippen LogP) is 1.07. The third-order valence-corrected chi connectivity index (χ3v) is 2.69. The molecule has 0 fully saturated rings. The highest BCUT2D eigenvalue weighted by Gasteiger charge is 2.03. The highest BCUT2D eigenvalue weighted by atomic mass is 16.3. The van der Waals surface area contributed by atoms with Gasteiger partial charge in [-0.15, -0.1) is 0 Å². The minimum Gasteiger partial charge on any atom is -0.483 e. The first-order valence-electron chi connectivity index (χ1n) is 6.40. The summed E-state index contributed by atoms with van der Waals surface area (Å²) >= 11 is 0. The summed E-state index contributed by atoms with van der Waals surface area (Å²) in [6.45, 7) is 8.39. The fourth-order valence-corrected chi connectivity index (χ4v) is 1.59. The van der Waals surface area contributed by atoms with Crippen LogP contribution in [0.15, 0.2) is 24.8 Å². The summed E-state index contributed by atoms with van der Waals surface area (Å²) in [6.07, 6.45) is 8.40. The van der Waals surface area contributed by atoms with Gasteiger partial charge >= 0.3 is 0 Å². The van der Waals surface area contributed by atoms with Crippen LogP contribution < -0.4 is 0 Å². The molecule has 0 amide bonds. The van der Waals surface area contributed by atoms with Crippen molar-refractivity contribution in [1.82, 2.24) is 19.6 Å². The molecule has 6 heteroatoms. The fraction of sp³-hybridized carbons (Fsp3) is 0.615. The van der Waals surface area contributed by atoms with E-state index in [1.807, 2.05) is 0 Å². The zero-order valence-corrected chi connectivity index (χ0v) is 12.4. The molecule has 0 atom stereocenters. The number of carbonyl (C=O) groups is 1. The van der Waals surface area contributed by atoms with E-state index >= 15 is 0 Å². The molecule has 2 heterocycles. The topological polar surface area (TPSA) is 50.3 Å². The Morgan fingerprint density at radius 1 is 0.947 bits per heavy atom. The summed E-state index contributed by atoms with van der Waals surface area (Å²) < 4.78 is 0. The van der Waals surface area contributed by atoms with Crippen LogP contribution in [0.1, 0.15) is 13.8 Å². The lowest BCUT2D eigenvalue weighted by molar-refractivity contribution is -0.122. The number of hydrogen-bond donors (Lipinski definition) is 1. The maximum absolute atomic E-state index is 8.36. The molecule has 2 aliphatic heterocycles. The first-order valence-corrected chi connectivity index (χ1v) is 6.40. The van der Waals surface area contributed by atoms with Crippen molar-refractivity contribution < 1.29 is 9.90 Å². The van der Waals surface area contributed by atoms with Crippen molar-refractivity contribution in [2.45, 2.75) is 13.8 Å². The molecule has 1 N–H and O–H groups in total. The van der Waals surface area contributed by atoms with Crippen LogP contribution in [0.3, 0.4) is 0 Å². The van der Waals surface area contributed by atoms with E-state index in [0.717, 1.165) is 26.4 Å². The number of nitrogens with zero attached hydrogens (tertiary/aromatic N) is 4. The van der Waals surface area contributed by atoms with Crippen molar-refractivity contribution in [3.8, 4) is 0 Å². The third-order valence-electron chi connectivity index (χ3n) is 2.69. The quantitative estimate of drug-likeness (QED) is 0.757. The van der Waals surface area contributed by atoms with E-state index in [0.29, 0.717) is 0 Å². The van der Waals surface area contributed by atoms with Crippen molar-refractivity contribution in [2.24, 2.45) is 0 Å². The van der Waals surface area contributed by atoms with Gasteiger partial charge < -0.3 is 24.7 Å². The van der Waals surface area contributed by atoms with E-state index in [1.165, 1.54) is 0 Å². The molecule has 0 saturated carbocycles. The average Bonchev–Trinajstić information content (AvgIpc) is 2.99. The smallest absolute Gasteiger partial charge is 0.290 e. The highest BCUT2D eigenvalue weighted by molar-refractivity contribution is 5.32. The van der Waals surface area contributed by atoms with Gasteiger partial charge in [0.2, 0.25) is 0 Å². The van der Waals surface area contributed by atoms with Crippen LogP contribution >= 0.6 is 0 Å². The lowest BCUT2D eigenvalue weighted by atomic mass is 10.6. The molecule has 0 unspecified atom stereocenters. The van der Waals surface area contributed by atoms with Crippen molar-refractivity contribution in [3.63, 3.8) is 0 Å². The number of hydrogen-bond acceptors (Lipinski definition) is 5. The lowest BCUT2D eigenvalue weighted by Crippen LogP contribution is -2.21. The molecule has 0 aromatic heterocycles. The SMILES string of the molecule is CCN1C=CN(C)C1.CCN1C=CN(C)C1.O=CO. The van der Waals surface area contributed by atoms with Crippen molar-refractivity contribution >= 4 is 6.47 Å². The van der Waals surface area contributed by atoms with E-state index in [9.17, 15) is 0 Å². The third kappa shape index (κ3) is 7.96. The molecule has 0 spiro atoms. The fourth-order valence-electron chi connectivity index (χ4n) is 1.59. The Morgan fingerprint density at radius 3 is 1.37 bits per heavy atom. The molecule has 0 aliphatic carbocycles. The lowest BCUT2D eigenvalue weighted by Gasteiger charge is -2.14. The van der Waals surface area contributed by atoms with Crippen LogP contribution in [-0.4, -0.2) is 71.7 Å². The normalized spacial score (nSPS) is 16.0. The molecule has 2 rings (SSSR count). The second-order valence-corrected chi connectivity index (χ2v) is 4.31. The maximum atomic E-state index is 8.36. The molecule has 0 bridgehead atoms. The molecule has 110 valence electrons. The summed E-state index contributed by atoms with van der Waals surface area (Å²) in [6, 6.07) is 0. The standard InChI is InChI=1S/2C6H12N2.CH2O2/c2*1-3-8-5-4-7(2)6-8;2-1-3/h2*4-5H,3,6H2,1-2H3;1H,(H,2,3). The Morgan fingerprint density at radius 2 is 1.26 bits per heavy atom. The van der Waals surface area contributed by atoms with Crippen LogP contribution in [0, 0.1) is 0 Å². The van der Waals surface area contributed by atoms with Gasteiger partial charge in [-0.3, -0.25) is 4.79 Å². The molecule has 0 saturated heterocycles. The predicted molar refractivity (Wildman–Crippen MR) is 77.0 cm³/mol. The Bertz CT molecular complexity index is 268. The molecule has 6 nitrogen and oxygen atoms in total. The molecule has 2 aliphatic rings. The summed E-state index contributed by atoms with van der Waals surface area (Å²) in [5.41, 5.74) is 0. The molecular formula is C13H26N4O2. The number of rotatable bonds is 2. The number of carboxylic acid groups (broad SMARTS) is 1. The molecular weight excluding hydrogens is 244 g/mol. The van der Waals surface area contributed by atoms with Crippen LogP contribution in [0.5, 0.6) is 0 Å². The molecule has 0 radical (unpaired) electrons. The zero-order valence-electron chi connectivity index (χ0n) is 12.4. The van der Waals surface area contributed by atoms with Gasteiger partial charge in [-0.25, -0.2) is 0 Å². The van der Waals surface area contributed by atoms with Gasteiger partial charge in [0.15, 0.2) is 0 Å². The molecule has 0 aromatic rings. The minimum atomic E-state index is -0.250. The van der Waals surface area contributed by atoms with Crippen LogP contribution in [0.4, 0.5) is 0 Å². The van der Waals surface area contributed by atoms with Gasteiger partial charge in [-0.1, -0.05) is 0 Å². The summed E-state index contributed by atoms with van der Waals surface area (Å²) in [4.78, 5) is 17.2. The van der Waals surface area contributed by atoms with Crippen molar-refractivity contribution in [1.29, 1.82) is 0 Å². The maximum Gasteiger partial charge on any atom is 0.290 e.